The number of ether oxygens (including phenoxy) is 1. The molecule has 8 heteroatoms. The number of amides is 1. The zero-order valence-electron chi connectivity index (χ0n) is 18.0. The minimum atomic E-state index is -1.22. The molecular formula is C25H21N3O5. The molecule has 4 N–H and O–H groups in total. The van der Waals surface area contributed by atoms with E-state index in [1.165, 1.54) is 25.3 Å². The van der Waals surface area contributed by atoms with Crippen LogP contribution in [0.15, 0.2) is 66.9 Å². The Morgan fingerprint density at radius 3 is 2.52 bits per heavy atom. The van der Waals surface area contributed by atoms with Crippen molar-refractivity contribution in [2.24, 2.45) is 0 Å². The maximum atomic E-state index is 13.4. The first-order valence-corrected chi connectivity index (χ1v) is 10.0. The lowest BCUT2D eigenvalue weighted by Gasteiger charge is -2.08. The normalized spacial score (nSPS) is 10.7. The molecule has 2 aromatic carbocycles. The van der Waals surface area contributed by atoms with E-state index in [9.17, 15) is 19.5 Å². The molecule has 0 radical (unpaired) electrons. The van der Waals surface area contributed by atoms with Crippen LogP contribution in [0.2, 0.25) is 0 Å². The summed E-state index contributed by atoms with van der Waals surface area (Å²) < 4.78 is 6.87. The zero-order chi connectivity index (χ0) is 23.7. The third-order valence-electron chi connectivity index (χ3n) is 5.42. The van der Waals surface area contributed by atoms with Gasteiger partial charge in [0.25, 0.3) is 5.91 Å². The van der Waals surface area contributed by atoms with Gasteiger partial charge in [-0.15, -0.1) is 0 Å². The molecule has 0 fully saturated rings. The molecular weight excluding hydrogens is 422 g/mol. The Labute approximate surface area is 189 Å². The van der Waals surface area contributed by atoms with Crippen LogP contribution in [0.4, 0.5) is 11.4 Å². The summed E-state index contributed by atoms with van der Waals surface area (Å²) in [5, 5.41) is 12.3. The Balaban J connectivity index is 1.79. The van der Waals surface area contributed by atoms with E-state index in [0.29, 0.717) is 33.8 Å². The Hall–Kier alpha value is -4.59. The summed E-state index contributed by atoms with van der Waals surface area (Å²) in [6.45, 7) is 1.73. The summed E-state index contributed by atoms with van der Waals surface area (Å²) in [6.07, 6.45) is 1.71. The Morgan fingerprint density at radius 2 is 1.79 bits per heavy atom. The van der Waals surface area contributed by atoms with Crippen LogP contribution >= 0.6 is 0 Å². The number of benzene rings is 2. The fourth-order valence-corrected chi connectivity index (χ4v) is 3.74. The first-order valence-electron chi connectivity index (χ1n) is 10.0. The van der Waals surface area contributed by atoms with Gasteiger partial charge >= 0.3 is 5.97 Å². The van der Waals surface area contributed by atoms with E-state index >= 15 is 0 Å². The summed E-state index contributed by atoms with van der Waals surface area (Å²) in [5.41, 5.74) is 8.22. The van der Waals surface area contributed by atoms with Gasteiger partial charge in [-0.3, -0.25) is 9.59 Å². The number of rotatable bonds is 6. The van der Waals surface area contributed by atoms with Gasteiger partial charge in [0, 0.05) is 28.6 Å². The predicted octanol–water partition coefficient (Wildman–Crippen LogP) is 4.02. The van der Waals surface area contributed by atoms with Crippen LogP contribution in [0.3, 0.4) is 0 Å². The van der Waals surface area contributed by atoms with Crippen molar-refractivity contribution in [2.45, 2.75) is 6.92 Å². The second-order valence-electron chi connectivity index (χ2n) is 7.43. The van der Waals surface area contributed by atoms with E-state index in [1.54, 1.807) is 60.0 Å². The maximum Gasteiger partial charge on any atom is 0.337 e. The standard InChI is InChI=1S/C25H21N3O5/c1-14-21(27-24(30)16-6-5-7-17(12-16)33-2)20-8-3-4-11-28(20)22(14)23(29)15-9-10-19(26)18(13-15)25(31)32/h3-13H,26H2,1-2H3,(H,27,30)(H,31,32). The topological polar surface area (TPSA) is 123 Å². The summed E-state index contributed by atoms with van der Waals surface area (Å²) in [5.74, 6) is -1.41. The number of nitrogens with zero attached hydrogens (tertiary/aromatic N) is 1. The fraction of sp³-hybridized carbons (Fsp3) is 0.0800. The minimum absolute atomic E-state index is 0.0713. The number of carbonyl (C=O) groups is 3. The van der Waals surface area contributed by atoms with Crippen LogP contribution in [0.5, 0.6) is 5.75 Å². The van der Waals surface area contributed by atoms with Crippen LogP contribution in [0.25, 0.3) is 5.52 Å². The van der Waals surface area contributed by atoms with Crippen molar-refractivity contribution in [3.63, 3.8) is 0 Å². The number of aromatic nitrogens is 1. The number of aromatic carboxylic acids is 1. The van der Waals surface area contributed by atoms with Gasteiger partial charge in [0.15, 0.2) is 0 Å². The van der Waals surface area contributed by atoms with Gasteiger partial charge in [-0.05, 0) is 55.5 Å². The van der Waals surface area contributed by atoms with Gasteiger partial charge in [-0.25, -0.2) is 4.79 Å². The average molecular weight is 443 g/mol. The number of methoxy groups -OCH3 is 1. The average Bonchev–Trinajstić information content (AvgIpc) is 3.10. The molecule has 4 rings (SSSR count). The largest absolute Gasteiger partial charge is 0.497 e. The van der Waals surface area contributed by atoms with E-state index in [0.717, 1.165) is 0 Å². The lowest BCUT2D eigenvalue weighted by Crippen LogP contribution is -2.13. The second-order valence-corrected chi connectivity index (χ2v) is 7.43. The third kappa shape index (κ3) is 3.89. The van der Waals surface area contributed by atoms with E-state index in [4.69, 9.17) is 10.5 Å². The number of ketones is 1. The molecule has 1 amide bonds. The molecule has 0 aliphatic carbocycles. The number of fused-ring (bicyclic) bond motifs is 1. The van der Waals surface area contributed by atoms with Gasteiger partial charge in [0.1, 0.15) is 5.75 Å². The number of pyridine rings is 1. The Morgan fingerprint density at radius 1 is 1.00 bits per heavy atom. The molecule has 2 heterocycles. The predicted molar refractivity (Wildman–Crippen MR) is 124 cm³/mol. The summed E-state index contributed by atoms with van der Waals surface area (Å²) >= 11 is 0. The number of carboxylic acid groups (broad SMARTS) is 1. The number of hydrogen-bond acceptors (Lipinski definition) is 5. The molecule has 0 saturated heterocycles. The molecule has 0 bridgehead atoms. The van der Waals surface area contributed by atoms with Crippen LogP contribution in [0.1, 0.15) is 42.3 Å². The monoisotopic (exact) mass is 443 g/mol. The molecule has 166 valence electrons. The van der Waals surface area contributed by atoms with Gasteiger partial charge in [-0.2, -0.15) is 0 Å². The highest BCUT2D eigenvalue weighted by molar-refractivity contribution is 6.14. The number of carboxylic acids is 1. The highest BCUT2D eigenvalue weighted by Crippen LogP contribution is 2.31. The van der Waals surface area contributed by atoms with Crippen molar-refractivity contribution in [1.29, 1.82) is 0 Å². The zero-order valence-corrected chi connectivity index (χ0v) is 18.0. The third-order valence-corrected chi connectivity index (χ3v) is 5.42. The molecule has 0 unspecified atom stereocenters. The van der Waals surface area contributed by atoms with Gasteiger partial charge in [-0.1, -0.05) is 12.1 Å². The SMILES string of the molecule is COc1cccc(C(=O)Nc2c(C)c(C(=O)c3ccc(N)c(C(=O)O)c3)n3ccccc23)c1. The number of carbonyl (C=O) groups excluding carboxylic acids is 2. The molecule has 4 aromatic rings. The lowest BCUT2D eigenvalue weighted by molar-refractivity contribution is 0.0697. The molecule has 0 aliphatic heterocycles. The van der Waals surface area contributed by atoms with Crippen LogP contribution in [-0.2, 0) is 0 Å². The van der Waals surface area contributed by atoms with Gasteiger partial charge < -0.3 is 25.3 Å². The summed E-state index contributed by atoms with van der Waals surface area (Å²) in [7, 11) is 1.52. The highest BCUT2D eigenvalue weighted by Gasteiger charge is 2.24. The molecule has 8 nitrogen and oxygen atoms in total. The van der Waals surface area contributed by atoms with Crippen LogP contribution in [-0.4, -0.2) is 34.3 Å². The number of nitrogens with one attached hydrogen (secondary N) is 1. The van der Waals surface area contributed by atoms with Crippen molar-refractivity contribution < 1.29 is 24.2 Å². The van der Waals surface area contributed by atoms with Crippen molar-refractivity contribution in [2.75, 3.05) is 18.2 Å². The Kier molecular flexibility index (Phi) is 5.58. The van der Waals surface area contributed by atoms with Crippen molar-refractivity contribution in [3.8, 4) is 5.75 Å². The first kappa shape index (κ1) is 21.6. The van der Waals surface area contributed by atoms with Crippen LogP contribution in [0, 0.1) is 6.92 Å². The van der Waals surface area contributed by atoms with E-state index < -0.39 is 11.8 Å². The molecule has 0 aliphatic rings. The van der Waals surface area contributed by atoms with E-state index in [1.807, 2.05) is 0 Å². The van der Waals surface area contributed by atoms with E-state index in [-0.39, 0.29) is 22.7 Å². The molecule has 2 aromatic heterocycles. The Bertz CT molecular complexity index is 1420. The van der Waals surface area contributed by atoms with Gasteiger partial charge in [0.2, 0.25) is 5.78 Å². The smallest absolute Gasteiger partial charge is 0.337 e. The first-order chi connectivity index (χ1) is 15.8. The molecule has 33 heavy (non-hydrogen) atoms. The highest BCUT2D eigenvalue weighted by atomic mass is 16.5. The lowest BCUT2D eigenvalue weighted by atomic mass is 10.0. The van der Waals surface area contributed by atoms with Crippen LogP contribution < -0.4 is 15.8 Å². The summed E-state index contributed by atoms with van der Waals surface area (Å²) in [4.78, 5) is 37.8. The number of anilines is 2. The van der Waals surface area contributed by atoms with Crippen molar-refractivity contribution in [3.05, 3.63) is 94.8 Å². The van der Waals surface area contributed by atoms with Crippen molar-refractivity contribution in [1.82, 2.24) is 4.40 Å². The quantitative estimate of drug-likeness (QED) is 0.306. The van der Waals surface area contributed by atoms with Crippen molar-refractivity contribution >= 4 is 34.6 Å². The fourth-order valence-electron chi connectivity index (χ4n) is 3.74. The minimum Gasteiger partial charge on any atom is -0.497 e. The molecule has 0 atom stereocenters. The maximum absolute atomic E-state index is 13.4. The molecule has 0 saturated carbocycles. The van der Waals surface area contributed by atoms with Gasteiger partial charge in [0.05, 0.1) is 29.6 Å². The summed E-state index contributed by atoms with van der Waals surface area (Å²) in [6, 6.07) is 16.2. The molecule has 0 spiro atoms. The number of hydrogen-bond donors (Lipinski definition) is 3. The second kappa shape index (κ2) is 8.51. The number of nitrogen functional groups attached to an aromatic ring is 1. The number of nitrogens with two attached hydrogens (primary N) is 1. The van der Waals surface area contributed by atoms with E-state index in [2.05, 4.69) is 5.32 Å².